The average molecular weight is 1730 g/mol. The quantitative estimate of drug-likeness (QED) is 0.0420. The minimum atomic E-state index is -0.407. The molecule has 1 saturated carbocycles. The molecule has 1 unspecified atom stereocenters. The number of hydrogen-bond acceptors (Lipinski definition) is 20. The number of aromatic amines is 4. The highest BCUT2D eigenvalue weighted by molar-refractivity contribution is 7.59. The number of H-pyrrole nitrogens is 4. The first kappa shape index (κ1) is 86.4. The number of aromatic nitrogens is 20. The molecule has 12 aromatic heterocycles. The van der Waals surface area contributed by atoms with E-state index in [9.17, 15) is 23.6 Å². The van der Waals surface area contributed by atoms with Gasteiger partial charge in [-0.05, 0) is 185 Å². The maximum absolute atomic E-state index is 14.0. The van der Waals surface area contributed by atoms with Crippen LogP contribution in [0, 0.1) is 33.5 Å². The second kappa shape index (κ2) is 37.2. The van der Waals surface area contributed by atoms with E-state index in [4.69, 9.17) is 11.6 Å². The summed E-state index contributed by atoms with van der Waals surface area (Å²) >= 11 is 6.38. The Hall–Kier alpha value is -14.0. The van der Waals surface area contributed by atoms with Crippen molar-refractivity contribution >= 4 is 163 Å². The van der Waals surface area contributed by atoms with Crippen LogP contribution >= 0.6 is 52.1 Å². The third-order valence-electron chi connectivity index (χ3n) is 22.1. The van der Waals surface area contributed by atoms with Gasteiger partial charge < -0.3 is 45.8 Å². The van der Waals surface area contributed by atoms with Gasteiger partial charge in [0.15, 0.2) is 45.9 Å². The van der Waals surface area contributed by atoms with Crippen LogP contribution in [0.25, 0.3) is 105 Å². The van der Waals surface area contributed by atoms with Crippen molar-refractivity contribution in [2.45, 2.75) is 111 Å². The molecule has 33 heteroatoms. The lowest BCUT2D eigenvalue weighted by Gasteiger charge is -2.32. The fraction of sp³-hybridized carbons (Fsp3) is 0.187. The van der Waals surface area contributed by atoms with Crippen LogP contribution in [-0.2, 0) is 0 Å². The van der Waals surface area contributed by atoms with Crippen LogP contribution in [0.2, 0.25) is 5.02 Å². The number of anilines is 4. The van der Waals surface area contributed by atoms with Crippen molar-refractivity contribution in [3.63, 3.8) is 0 Å². The summed E-state index contributed by atoms with van der Waals surface area (Å²) in [5.41, 5.74) is 14.4. The Morgan fingerprint density at radius 1 is 0.395 bits per heavy atom. The lowest BCUT2D eigenvalue weighted by molar-refractivity contribution is 0.298. The van der Waals surface area contributed by atoms with Crippen molar-refractivity contribution in [2.75, 3.05) is 21.3 Å². The van der Waals surface area contributed by atoms with Crippen LogP contribution in [0.3, 0.4) is 0 Å². The number of nitrogens with zero attached hydrogens (tertiary/aromatic N) is 16. The first-order valence-electron chi connectivity index (χ1n) is 39.7. The van der Waals surface area contributed by atoms with Crippen LogP contribution < -0.4 is 43.5 Å². The Morgan fingerprint density at radius 2 is 0.758 bits per heavy atom. The molecule has 0 aliphatic heterocycles. The predicted molar refractivity (Wildman–Crippen MR) is 504 cm³/mol. The van der Waals surface area contributed by atoms with E-state index in [2.05, 4.69) is 127 Å². The van der Waals surface area contributed by atoms with Crippen molar-refractivity contribution < 1.29 is 4.39 Å². The Balaban J connectivity index is 0.000000134. The van der Waals surface area contributed by atoms with Crippen molar-refractivity contribution in [3.05, 3.63) is 324 Å². The highest BCUT2D eigenvalue weighted by Gasteiger charge is 2.29. The molecule has 0 saturated heterocycles. The van der Waals surface area contributed by atoms with E-state index < -0.39 is 5.82 Å². The van der Waals surface area contributed by atoms with Gasteiger partial charge in [0, 0.05) is 40.2 Å². The molecule has 0 bridgehead atoms. The summed E-state index contributed by atoms with van der Waals surface area (Å²) in [5, 5.41) is 20.4. The zero-order valence-corrected chi connectivity index (χ0v) is 72.4. The lowest BCUT2D eigenvalue weighted by atomic mass is 9.91. The van der Waals surface area contributed by atoms with Crippen molar-refractivity contribution in [3.8, 4) is 17.1 Å². The lowest BCUT2D eigenvalue weighted by Crippen LogP contribution is -2.33. The summed E-state index contributed by atoms with van der Waals surface area (Å²) in [6.07, 6.45) is 16.3. The maximum Gasteiger partial charge on any atom is 0.264 e. The highest BCUT2D eigenvalue weighted by atomic mass is 35.5. The van der Waals surface area contributed by atoms with Crippen LogP contribution in [-0.4, -0.2) is 98.0 Å². The van der Waals surface area contributed by atoms with E-state index in [1.165, 1.54) is 43.9 Å². The SMILES string of the molecule is CCC(Nc1ncnc2nc[nH]c12)c1cc2cccc(C)c2c(=O)n1-c1ccc(C)cc1.C[C@H](Nc1ncnc2nc[nH]c12)c1cc2cccc(Cl)c2c(=O)n1-c1ccccc1.Cc1cccc2cc([C@H](C)Nc3ncnc4nc[nH]c34)n(-c3cccc(F)c3)c(=O)c12.Cc1cccc2cc([C@H](C)Nc3ncnc4nc[nH]c34)n(C3CCC3)c(=O)c12.S.S.S. The molecule has 124 heavy (non-hydrogen) atoms. The van der Waals surface area contributed by atoms with Crippen molar-refractivity contribution in [1.82, 2.24) is 98.0 Å². The summed E-state index contributed by atoms with van der Waals surface area (Å²) in [6.45, 7) is 16.0. The number of fused-ring (bicyclic) bond motifs is 8. The fourth-order valence-electron chi connectivity index (χ4n) is 15.8. The molecule has 28 nitrogen and oxygen atoms in total. The number of para-hydroxylation sites is 1. The molecule has 0 radical (unpaired) electrons. The molecule has 1 aliphatic carbocycles. The molecule has 1 fully saturated rings. The Kier molecular flexibility index (Phi) is 25.9. The Labute approximate surface area is 734 Å². The zero-order valence-electron chi connectivity index (χ0n) is 68.6. The van der Waals surface area contributed by atoms with Crippen LogP contribution in [0.1, 0.15) is 129 Å². The van der Waals surface area contributed by atoms with Gasteiger partial charge in [0.05, 0.1) is 81.7 Å². The summed E-state index contributed by atoms with van der Waals surface area (Å²) in [7, 11) is 0. The summed E-state index contributed by atoms with van der Waals surface area (Å²) in [6, 6.07) is 54.4. The molecule has 19 aromatic rings. The van der Waals surface area contributed by atoms with Crippen LogP contribution in [0.15, 0.2) is 246 Å². The molecule has 8 N–H and O–H groups in total. The Morgan fingerprint density at radius 3 is 1.19 bits per heavy atom. The van der Waals surface area contributed by atoms with Gasteiger partial charge in [-0.2, -0.15) is 40.5 Å². The van der Waals surface area contributed by atoms with E-state index in [0.717, 1.165) is 113 Å². The monoisotopic (exact) mass is 1730 g/mol. The molecule has 0 spiro atoms. The number of nitrogens with one attached hydrogen (secondary N) is 8. The van der Waals surface area contributed by atoms with Crippen molar-refractivity contribution in [1.29, 1.82) is 0 Å². The minimum Gasteiger partial charge on any atom is -0.360 e. The summed E-state index contributed by atoms with van der Waals surface area (Å²) < 4.78 is 21.1. The van der Waals surface area contributed by atoms with Gasteiger partial charge in [0.2, 0.25) is 0 Å². The molecule has 4 atom stereocenters. The third-order valence-corrected chi connectivity index (χ3v) is 22.4. The van der Waals surface area contributed by atoms with Gasteiger partial charge in [-0.15, -0.1) is 0 Å². The number of hydrogen-bond donors (Lipinski definition) is 8. The van der Waals surface area contributed by atoms with Gasteiger partial charge >= 0.3 is 0 Å². The van der Waals surface area contributed by atoms with E-state index in [1.54, 1.807) is 52.6 Å². The summed E-state index contributed by atoms with van der Waals surface area (Å²) in [4.78, 5) is 117. The Bertz CT molecular complexity index is 7400. The van der Waals surface area contributed by atoms with Crippen LogP contribution in [0.4, 0.5) is 27.7 Å². The van der Waals surface area contributed by atoms with E-state index in [1.807, 2.05) is 184 Å². The normalized spacial score (nSPS) is 12.8. The second-order valence-electron chi connectivity index (χ2n) is 29.9. The van der Waals surface area contributed by atoms with Gasteiger partial charge in [-0.1, -0.05) is 127 Å². The van der Waals surface area contributed by atoms with E-state index >= 15 is 0 Å². The minimum absolute atomic E-state index is 0. The molecule has 0 amide bonds. The number of pyridine rings is 4. The van der Waals surface area contributed by atoms with E-state index in [-0.39, 0.29) is 92.9 Å². The smallest absolute Gasteiger partial charge is 0.264 e. The average Bonchev–Trinajstić information content (AvgIpc) is 1.11. The van der Waals surface area contributed by atoms with Gasteiger partial charge in [-0.3, -0.25) is 32.9 Å². The number of benzene rings is 7. The number of halogens is 2. The number of aryl methyl sites for hydroxylation is 4. The standard InChI is InChI=1S/C25H24N6O.C23H19FN6O.C22H17ClN6O.C21H22N6O.3H2S/c1-4-19(30-24-22-23(27-13-26-22)28-14-29-24)20-12-17-7-5-6-16(3)21(17)25(32)31(20)18-10-8-15(2)9-11-18;1-13-5-3-6-15-9-18(14(2)29-22-20-21(26-11-25-20)27-12-28-22)30(23(31)19(13)15)17-8-4-7-16(24)10-17;1-13(28-21-19-20(25-11-24-19)26-12-27-21)17-10-14-6-5-9-16(23)18(14)22(30)29(17)15-7-3-2-4-8-15;1-12-5-3-6-14-9-16(27(15-7-4-8-15)21(28)17(12)14)13(2)26-20-18-19(23-10-22-18)24-11-25-20;;;/h5-14,19H,4H2,1-3H3,(H2,26,27,28,29,30);3-12,14H,1-2H3,(H2,25,26,27,28,29);2-13H,1H3,(H2,24,25,26,27,28);3,5-6,9-11,13,15H,4,7-8H2,1-2H3,(H2,22,23,24,25,26);3*1H2/t;14-;2*13-;;;/m.000.../s1. The van der Waals surface area contributed by atoms with Gasteiger partial charge in [-0.25, -0.2) is 64.2 Å². The molecule has 1 aliphatic rings. The summed E-state index contributed by atoms with van der Waals surface area (Å²) in [5.74, 6) is 2.12. The van der Waals surface area contributed by atoms with Crippen molar-refractivity contribution in [2.24, 2.45) is 0 Å². The zero-order chi connectivity index (χ0) is 83.7. The maximum atomic E-state index is 14.0. The first-order chi connectivity index (χ1) is 58.8. The molecule has 20 rings (SSSR count). The largest absolute Gasteiger partial charge is 0.360 e. The topological polar surface area (TPSA) is 354 Å². The highest BCUT2D eigenvalue weighted by Crippen LogP contribution is 2.37. The van der Waals surface area contributed by atoms with E-state index in [0.29, 0.717) is 84.1 Å². The third kappa shape index (κ3) is 17.0. The molecule has 12 heterocycles. The van der Waals surface area contributed by atoms with Gasteiger partial charge in [0.1, 0.15) is 53.2 Å². The predicted octanol–water partition coefficient (Wildman–Crippen LogP) is 17.8. The number of imidazole rings is 4. The molecule has 7 aromatic carbocycles. The number of rotatable bonds is 17. The fourth-order valence-corrected chi connectivity index (χ4v) is 16.1. The van der Waals surface area contributed by atoms with Crippen LogP contribution in [0.5, 0.6) is 0 Å². The molecule has 628 valence electrons. The first-order valence-corrected chi connectivity index (χ1v) is 40.0. The molecular weight excluding hydrogens is 1640 g/mol. The second-order valence-corrected chi connectivity index (χ2v) is 30.3. The van der Waals surface area contributed by atoms with Gasteiger partial charge in [0.25, 0.3) is 22.2 Å². The molecular formula is C91H88ClFN24O4S3.